The first-order valence-corrected chi connectivity index (χ1v) is 15.6. The lowest BCUT2D eigenvalue weighted by atomic mass is 9.51. The Balaban J connectivity index is 1.18. The molecule has 1 saturated carbocycles. The van der Waals surface area contributed by atoms with Crippen LogP contribution in [0.3, 0.4) is 0 Å². The molecule has 2 aliphatic heterocycles. The van der Waals surface area contributed by atoms with Crippen LogP contribution in [0.5, 0.6) is 5.75 Å². The quantitative estimate of drug-likeness (QED) is 0.260. The zero-order valence-corrected chi connectivity index (χ0v) is 25.2. The Morgan fingerprint density at radius 3 is 2.70 bits per heavy atom. The van der Waals surface area contributed by atoms with Crippen LogP contribution in [0.2, 0.25) is 0 Å². The number of rotatable bonds is 7. The van der Waals surface area contributed by atoms with Crippen molar-refractivity contribution in [1.82, 2.24) is 9.80 Å². The molecule has 1 unspecified atom stereocenters. The summed E-state index contributed by atoms with van der Waals surface area (Å²) in [6.07, 6.45) is 7.09. The SMILES string of the molecule is CC(=O)OC(CN1CC[C@]23c4c5cccc4O[C@H]2[C@@H](N(C)C(=O)C=Cc2cccc(C)c2)CC[C@H]3[C@H]1C5)c1ccccc1. The van der Waals surface area contributed by atoms with Crippen LogP contribution in [-0.2, 0) is 26.2 Å². The van der Waals surface area contributed by atoms with Gasteiger partial charge in [0.25, 0.3) is 0 Å². The van der Waals surface area contributed by atoms with E-state index in [1.165, 1.54) is 23.6 Å². The van der Waals surface area contributed by atoms with Gasteiger partial charge in [-0.25, -0.2) is 0 Å². The number of nitrogens with zero attached hydrogens (tertiary/aromatic N) is 2. The number of esters is 1. The van der Waals surface area contributed by atoms with Crippen LogP contribution in [0.15, 0.2) is 78.9 Å². The minimum absolute atomic E-state index is 0.00503. The molecule has 6 heteroatoms. The second-order valence-corrected chi connectivity index (χ2v) is 12.8. The van der Waals surface area contributed by atoms with Gasteiger partial charge in [-0.1, -0.05) is 72.3 Å². The molecular formula is C37H40N2O4. The predicted octanol–water partition coefficient (Wildman–Crippen LogP) is 5.88. The van der Waals surface area contributed by atoms with E-state index in [4.69, 9.17) is 9.47 Å². The fourth-order valence-electron chi connectivity index (χ4n) is 8.71. The van der Waals surface area contributed by atoms with Crippen LogP contribution < -0.4 is 4.74 Å². The Bertz CT molecular complexity index is 1570. The van der Waals surface area contributed by atoms with Crippen molar-refractivity contribution in [2.45, 2.75) is 69.2 Å². The average molecular weight is 577 g/mol. The maximum absolute atomic E-state index is 13.5. The van der Waals surface area contributed by atoms with E-state index in [-0.39, 0.29) is 35.5 Å². The predicted molar refractivity (Wildman–Crippen MR) is 167 cm³/mol. The molecule has 0 radical (unpaired) electrons. The average Bonchev–Trinajstić information content (AvgIpc) is 3.35. The summed E-state index contributed by atoms with van der Waals surface area (Å²) in [5.74, 6) is 1.18. The van der Waals surface area contributed by atoms with Gasteiger partial charge in [-0.2, -0.15) is 0 Å². The number of carbonyl (C=O) groups excluding carboxylic acids is 2. The molecule has 0 aromatic heterocycles. The molecule has 3 aromatic rings. The monoisotopic (exact) mass is 576 g/mol. The Morgan fingerprint density at radius 1 is 1.09 bits per heavy atom. The van der Waals surface area contributed by atoms with Gasteiger partial charge in [0.2, 0.25) is 5.91 Å². The number of ether oxygens (including phenoxy) is 2. The Labute approximate surface area is 254 Å². The molecule has 2 bridgehead atoms. The molecular weight excluding hydrogens is 536 g/mol. The fraction of sp³-hybridized carbons (Fsp3) is 0.405. The molecule has 2 aliphatic carbocycles. The van der Waals surface area contributed by atoms with E-state index in [1.807, 2.05) is 60.5 Å². The first kappa shape index (κ1) is 27.9. The van der Waals surface area contributed by atoms with Crippen molar-refractivity contribution >= 4 is 18.0 Å². The van der Waals surface area contributed by atoms with Crippen molar-refractivity contribution in [2.24, 2.45) is 5.92 Å². The van der Waals surface area contributed by atoms with Crippen LogP contribution in [0.1, 0.15) is 60.1 Å². The first-order chi connectivity index (χ1) is 20.8. The number of carbonyl (C=O) groups is 2. The normalized spacial score (nSPS) is 27.7. The van der Waals surface area contributed by atoms with Crippen LogP contribution in [0.25, 0.3) is 6.08 Å². The smallest absolute Gasteiger partial charge is 0.303 e. The summed E-state index contributed by atoms with van der Waals surface area (Å²) in [7, 11) is 1.94. The van der Waals surface area contributed by atoms with Crippen molar-refractivity contribution in [3.05, 3.63) is 107 Å². The molecule has 6 atom stereocenters. The summed E-state index contributed by atoms with van der Waals surface area (Å²) >= 11 is 0. The fourth-order valence-corrected chi connectivity index (χ4v) is 8.71. The zero-order chi connectivity index (χ0) is 29.7. The van der Waals surface area contributed by atoms with Gasteiger partial charge in [-0.05, 0) is 73.9 Å². The number of hydrogen-bond donors (Lipinski definition) is 0. The molecule has 2 fully saturated rings. The summed E-state index contributed by atoms with van der Waals surface area (Å²) in [6, 6.07) is 25.1. The van der Waals surface area contributed by atoms with Crippen LogP contribution in [0, 0.1) is 12.8 Å². The zero-order valence-electron chi connectivity index (χ0n) is 25.2. The highest BCUT2D eigenvalue weighted by atomic mass is 16.5. The summed E-state index contributed by atoms with van der Waals surface area (Å²) < 4.78 is 12.8. The van der Waals surface area contributed by atoms with Gasteiger partial charge >= 0.3 is 5.97 Å². The third-order valence-corrected chi connectivity index (χ3v) is 10.5. The number of likely N-dealkylation sites (N-methyl/N-ethyl adjacent to an activating group) is 1. The van der Waals surface area contributed by atoms with Crippen LogP contribution in [0.4, 0.5) is 0 Å². The highest BCUT2D eigenvalue weighted by molar-refractivity contribution is 5.92. The summed E-state index contributed by atoms with van der Waals surface area (Å²) in [4.78, 5) is 30.1. The molecule has 4 aliphatic rings. The number of benzene rings is 3. The number of likely N-dealkylation sites (tertiary alicyclic amines) is 1. The molecule has 2 heterocycles. The minimum Gasteiger partial charge on any atom is -0.487 e. The van der Waals surface area contributed by atoms with Gasteiger partial charge in [0.15, 0.2) is 0 Å². The second-order valence-electron chi connectivity index (χ2n) is 12.8. The number of aryl methyl sites for hydroxylation is 1. The van der Waals surface area contributed by atoms with E-state index < -0.39 is 0 Å². The molecule has 1 amide bonds. The standard InChI is InChI=1S/C37H40N2O4/c1-24-9-7-10-26(21-24)15-18-34(41)38(3)30-17-16-29-31-22-28-13-8-14-32-35(28)37(29,36(30)43-32)19-20-39(31)23-33(42-25(2)40)27-11-5-4-6-12-27/h4-15,18,21,29-31,33,36H,16-17,19-20,22-23H2,1-3H3/t29-,30-,31+,33?,36-,37-/m0/s1. The highest BCUT2D eigenvalue weighted by Crippen LogP contribution is 2.62. The van der Waals surface area contributed by atoms with Crippen molar-refractivity contribution in [2.75, 3.05) is 20.1 Å². The molecule has 1 saturated heterocycles. The van der Waals surface area contributed by atoms with Gasteiger partial charge < -0.3 is 14.4 Å². The van der Waals surface area contributed by atoms with Gasteiger partial charge in [0.1, 0.15) is 18.0 Å². The summed E-state index contributed by atoms with van der Waals surface area (Å²) in [6.45, 7) is 5.13. The third-order valence-electron chi connectivity index (χ3n) is 10.5. The Morgan fingerprint density at radius 2 is 1.91 bits per heavy atom. The topological polar surface area (TPSA) is 59.1 Å². The summed E-state index contributed by atoms with van der Waals surface area (Å²) in [5, 5.41) is 0. The minimum atomic E-state index is -0.309. The number of piperidine rings is 1. The second kappa shape index (κ2) is 11.0. The maximum Gasteiger partial charge on any atom is 0.303 e. The summed E-state index contributed by atoms with van der Waals surface area (Å²) in [5.41, 5.74) is 5.87. The molecule has 3 aromatic carbocycles. The van der Waals surface area contributed by atoms with Crippen molar-refractivity contribution in [1.29, 1.82) is 0 Å². The molecule has 7 rings (SSSR count). The Hall–Kier alpha value is -3.90. The van der Waals surface area contributed by atoms with Gasteiger partial charge in [-0.15, -0.1) is 0 Å². The Kier molecular flexibility index (Phi) is 7.13. The molecule has 6 nitrogen and oxygen atoms in total. The van der Waals surface area contributed by atoms with E-state index in [1.54, 1.807) is 6.08 Å². The third kappa shape index (κ3) is 4.76. The highest BCUT2D eigenvalue weighted by Gasteiger charge is 2.66. The van der Waals surface area contributed by atoms with E-state index in [2.05, 4.69) is 42.2 Å². The van der Waals surface area contributed by atoms with E-state index in [0.29, 0.717) is 18.5 Å². The largest absolute Gasteiger partial charge is 0.487 e. The number of hydrogen-bond acceptors (Lipinski definition) is 5. The first-order valence-electron chi connectivity index (χ1n) is 15.6. The van der Waals surface area contributed by atoms with E-state index >= 15 is 0 Å². The van der Waals surface area contributed by atoms with E-state index in [9.17, 15) is 9.59 Å². The van der Waals surface area contributed by atoms with Crippen molar-refractivity contribution < 1.29 is 19.1 Å². The van der Waals surface area contributed by atoms with Gasteiger partial charge in [0, 0.05) is 43.6 Å². The van der Waals surface area contributed by atoms with Crippen molar-refractivity contribution in [3.63, 3.8) is 0 Å². The number of amides is 1. The van der Waals surface area contributed by atoms with Crippen LogP contribution in [-0.4, -0.2) is 60.0 Å². The molecule has 222 valence electrons. The lowest BCUT2D eigenvalue weighted by Crippen LogP contribution is -2.69. The lowest BCUT2D eigenvalue weighted by Gasteiger charge is -2.60. The lowest BCUT2D eigenvalue weighted by molar-refractivity contribution is -0.150. The van der Waals surface area contributed by atoms with Gasteiger partial charge in [0.05, 0.1) is 6.04 Å². The van der Waals surface area contributed by atoms with E-state index in [0.717, 1.165) is 49.1 Å². The molecule has 43 heavy (non-hydrogen) atoms. The molecule has 1 spiro atoms. The van der Waals surface area contributed by atoms with Gasteiger partial charge in [-0.3, -0.25) is 14.5 Å². The maximum atomic E-state index is 13.5. The molecule has 0 N–H and O–H groups in total. The van der Waals surface area contributed by atoms with Crippen molar-refractivity contribution in [3.8, 4) is 5.75 Å². The van der Waals surface area contributed by atoms with Crippen LogP contribution >= 0.6 is 0 Å².